The Hall–Kier alpha value is -1.46. The summed E-state index contributed by atoms with van der Waals surface area (Å²) >= 11 is 0. The van der Waals surface area contributed by atoms with Crippen LogP contribution in [-0.4, -0.2) is 57.4 Å². The van der Waals surface area contributed by atoms with Crippen LogP contribution in [0.5, 0.6) is 11.5 Å². The smallest absolute Gasteiger partial charge is 0.163 e. The molecule has 0 aromatic heterocycles. The summed E-state index contributed by atoms with van der Waals surface area (Å²) in [6, 6.07) is 6.52. The van der Waals surface area contributed by atoms with Crippen molar-refractivity contribution in [1.82, 2.24) is 10.2 Å². The Balaban J connectivity index is 1.57. The topological polar surface area (TPSA) is 45.8 Å². The molecule has 1 saturated heterocycles. The highest BCUT2D eigenvalue weighted by Crippen LogP contribution is 2.32. The van der Waals surface area contributed by atoms with Crippen LogP contribution in [0.25, 0.3) is 0 Å². The molecule has 5 nitrogen and oxygen atoms in total. The molecule has 1 unspecified atom stereocenters. The lowest BCUT2D eigenvalue weighted by Gasteiger charge is -2.31. The van der Waals surface area contributed by atoms with Crippen molar-refractivity contribution in [1.29, 1.82) is 0 Å². The summed E-state index contributed by atoms with van der Waals surface area (Å²) in [6.45, 7) is 5.45. The van der Waals surface area contributed by atoms with Gasteiger partial charge in [-0.2, -0.15) is 0 Å². The number of hydrogen-bond acceptors (Lipinski definition) is 5. The standard InChI is InChI=1S/C14H21N3O2/c1-17-5-4-15-12(10-17)9-16-11-2-3-13-14(8-11)19-7-6-18-13/h2-3,8,12,15-16H,4-7,9-10H2,1H3. The number of piperazine rings is 1. The first-order valence-corrected chi connectivity index (χ1v) is 6.87. The van der Waals surface area contributed by atoms with Gasteiger partial charge in [0.05, 0.1) is 0 Å². The second kappa shape index (κ2) is 5.67. The SMILES string of the molecule is CN1CCNC(CNc2ccc3c(c2)OCCO3)C1. The van der Waals surface area contributed by atoms with Crippen LogP contribution in [-0.2, 0) is 0 Å². The van der Waals surface area contributed by atoms with Crippen molar-refractivity contribution in [2.45, 2.75) is 6.04 Å². The Kier molecular flexibility index (Phi) is 3.75. The summed E-state index contributed by atoms with van der Waals surface area (Å²) in [5.41, 5.74) is 1.08. The average Bonchev–Trinajstić information content (AvgIpc) is 2.45. The number of nitrogens with one attached hydrogen (secondary N) is 2. The molecule has 1 aromatic carbocycles. The van der Waals surface area contributed by atoms with Gasteiger partial charge in [0.25, 0.3) is 0 Å². The third kappa shape index (κ3) is 3.11. The summed E-state index contributed by atoms with van der Waals surface area (Å²) in [7, 11) is 2.16. The molecule has 1 atom stereocenters. The minimum absolute atomic E-state index is 0.493. The van der Waals surface area contributed by atoms with Crippen LogP contribution in [0.15, 0.2) is 18.2 Å². The van der Waals surface area contributed by atoms with E-state index in [1.165, 1.54) is 0 Å². The van der Waals surface area contributed by atoms with Crippen molar-refractivity contribution in [2.24, 2.45) is 0 Å². The first-order chi connectivity index (χ1) is 9.31. The molecule has 3 rings (SSSR count). The highest BCUT2D eigenvalue weighted by Gasteiger charge is 2.16. The molecule has 2 N–H and O–H groups in total. The molecule has 0 spiro atoms. The van der Waals surface area contributed by atoms with Crippen LogP contribution in [0.3, 0.4) is 0 Å². The monoisotopic (exact) mass is 263 g/mol. The Bertz CT molecular complexity index is 439. The van der Waals surface area contributed by atoms with E-state index in [4.69, 9.17) is 9.47 Å². The first kappa shape index (κ1) is 12.6. The molecule has 2 aliphatic rings. The summed E-state index contributed by atoms with van der Waals surface area (Å²) < 4.78 is 11.1. The van der Waals surface area contributed by atoms with Crippen LogP contribution in [0, 0.1) is 0 Å². The van der Waals surface area contributed by atoms with E-state index in [-0.39, 0.29) is 0 Å². The van der Waals surface area contributed by atoms with E-state index >= 15 is 0 Å². The molecule has 2 heterocycles. The van der Waals surface area contributed by atoms with E-state index in [0.717, 1.165) is 43.4 Å². The average molecular weight is 263 g/mol. The summed E-state index contributed by atoms with van der Waals surface area (Å²) in [6.07, 6.45) is 0. The number of rotatable bonds is 3. The maximum atomic E-state index is 5.58. The minimum Gasteiger partial charge on any atom is -0.486 e. The second-order valence-corrected chi connectivity index (χ2v) is 5.15. The number of likely N-dealkylation sites (N-methyl/N-ethyl adjacent to an activating group) is 1. The van der Waals surface area contributed by atoms with E-state index in [0.29, 0.717) is 19.3 Å². The van der Waals surface area contributed by atoms with Gasteiger partial charge in [-0.15, -0.1) is 0 Å². The van der Waals surface area contributed by atoms with Gasteiger partial charge in [-0.05, 0) is 19.2 Å². The zero-order valence-electron chi connectivity index (χ0n) is 11.3. The minimum atomic E-state index is 0.493. The lowest BCUT2D eigenvalue weighted by atomic mass is 10.2. The fourth-order valence-electron chi connectivity index (χ4n) is 2.52. The Labute approximate surface area is 113 Å². The lowest BCUT2D eigenvalue weighted by molar-refractivity contribution is 0.171. The van der Waals surface area contributed by atoms with Crippen molar-refractivity contribution >= 4 is 5.69 Å². The van der Waals surface area contributed by atoms with E-state index in [9.17, 15) is 0 Å². The van der Waals surface area contributed by atoms with Crippen LogP contribution in [0.2, 0.25) is 0 Å². The van der Waals surface area contributed by atoms with Crippen LogP contribution < -0.4 is 20.1 Å². The number of nitrogens with zero attached hydrogens (tertiary/aromatic N) is 1. The zero-order valence-corrected chi connectivity index (χ0v) is 11.3. The molecule has 0 bridgehead atoms. The van der Waals surface area contributed by atoms with Crippen LogP contribution >= 0.6 is 0 Å². The van der Waals surface area contributed by atoms with Crippen molar-refractivity contribution in [3.8, 4) is 11.5 Å². The summed E-state index contributed by atoms with van der Waals surface area (Å²) in [5, 5.41) is 6.98. The molecule has 0 amide bonds. The van der Waals surface area contributed by atoms with Crippen molar-refractivity contribution in [3.05, 3.63) is 18.2 Å². The Morgan fingerprint density at radius 1 is 1.32 bits per heavy atom. The summed E-state index contributed by atoms with van der Waals surface area (Å²) in [5.74, 6) is 1.68. The molecule has 19 heavy (non-hydrogen) atoms. The quantitative estimate of drug-likeness (QED) is 0.843. The number of benzene rings is 1. The first-order valence-electron chi connectivity index (χ1n) is 6.87. The van der Waals surface area contributed by atoms with E-state index in [2.05, 4.69) is 22.6 Å². The molecule has 0 radical (unpaired) electrons. The number of fused-ring (bicyclic) bond motifs is 1. The van der Waals surface area contributed by atoms with Gasteiger partial charge in [-0.25, -0.2) is 0 Å². The predicted octanol–water partition coefficient (Wildman–Crippen LogP) is 0.773. The molecule has 1 fully saturated rings. The molecule has 0 aliphatic carbocycles. The van der Waals surface area contributed by atoms with Gasteiger partial charge in [0.2, 0.25) is 0 Å². The second-order valence-electron chi connectivity index (χ2n) is 5.15. The Morgan fingerprint density at radius 2 is 2.16 bits per heavy atom. The fourth-order valence-corrected chi connectivity index (χ4v) is 2.52. The molecule has 1 aromatic rings. The maximum Gasteiger partial charge on any atom is 0.163 e. The van der Waals surface area contributed by atoms with Gasteiger partial charge in [0, 0.05) is 44.0 Å². The molecular weight excluding hydrogens is 242 g/mol. The third-order valence-corrected chi connectivity index (χ3v) is 3.55. The largest absolute Gasteiger partial charge is 0.486 e. The molecule has 0 saturated carbocycles. The molecule has 104 valence electrons. The lowest BCUT2D eigenvalue weighted by Crippen LogP contribution is -2.51. The van der Waals surface area contributed by atoms with Crippen molar-refractivity contribution in [2.75, 3.05) is 51.8 Å². The van der Waals surface area contributed by atoms with Gasteiger partial charge in [-0.3, -0.25) is 0 Å². The molecular formula is C14H21N3O2. The fraction of sp³-hybridized carbons (Fsp3) is 0.571. The van der Waals surface area contributed by atoms with Gasteiger partial charge < -0.3 is 25.0 Å². The molecule has 2 aliphatic heterocycles. The predicted molar refractivity (Wildman–Crippen MR) is 75.2 cm³/mol. The van der Waals surface area contributed by atoms with Crippen LogP contribution in [0.4, 0.5) is 5.69 Å². The van der Waals surface area contributed by atoms with Gasteiger partial charge in [0.1, 0.15) is 13.2 Å². The number of anilines is 1. The van der Waals surface area contributed by atoms with Crippen molar-refractivity contribution in [3.63, 3.8) is 0 Å². The van der Waals surface area contributed by atoms with E-state index in [1.54, 1.807) is 0 Å². The third-order valence-electron chi connectivity index (χ3n) is 3.55. The highest BCUT2D eigenvalue weighted by atomic mass is 16.6. The van der Waals surface area contributed by atoms with Crippen LogP contribution in [0.1, 0.15) is 0 Å². The number of hydrogen-bond donors (Lipinski definition) is 2. The van der Waals surface area contributed by atoms with Crippen molar-refractivity contribution < 1.29 is 9.47 Å². The zero-order chi connectivity index (χ0) is 13.1. The van der Waals surface area contributed by atoms with E-state index < -0.39 is 0 Å². The highest BCUT2D eigenvalue weighted by molar-refractivity contribution is 5.55. The van der Waals surface area contributed by atoms with Gasteiger partial charge >= 0.3 is 0 Å². The maximum absolute atomic E-state index is 5.58. The van der Waals surface area contributed by atoms with E-state index in [1.807, 2.05) is 18.2 Å². The summed E-state index contributed by atoms with van der Waals surface area (Å²) in [4.78, 5) is 2.35. The van der Waals surface area contributed by atoms with Gasteiger partial charge in [0.15, 0.2) is 11.5 Å². The normalized spacial score (nSPS) is 23.1. The molecule has 5 heteroatoms. The number of ether oxygens (including phenoxy) is 2. The van der Waals surface area contributed by atoms with Gasteiger partial charge in [-0.1, -0.05) is 0 Å². The Morgan fingerprint density at radius 3 is 3.00 bits per heavy atom.